The van der Waals surface area contributed by atoms with E-state index in [-0.39, 0.29) is 18.3 Å². The van der Waals surface area contributed by atoms with Crippen LogP contribution in [0.15, 0.2) is 41.6 Å². The second-order valence-corrected chi connectivity index (χ2v) is 8.12. The van der Waals surface area contributed by atoms with E-state index >= 15 is 0 Å². The number of carbonyl (C=O) groups excluding carboxylic acids is 1. The fraction of sp³-hybridized carbons (Fsp3) is 0.318. The van der Waals surface area contributed by atoms with Gasteiger partial charge in [0.1, 0.15) is 23.9 Å². The van der Waals surface area contributed by atoms with E-state index in [1.807, 2.05) is 30.5 Å². The zero-order chi connectivity index (χ0) is 23.1. The zero-order valence-corrected chi connectivity index (χ0v) is 19.9. The largest absolute Gasteiger partial charge is 0.497 e. The topological polar surface area (TPSA) is 87.5 Å². The van der Waals surface area contributed by atoms with Crippen LogP contribution >= 0.6 is 23.4 Å². The minimum atomic E-state index is -0.198. The maximum absolute atomic E-state index is 12.5. The average Bonchev–Trinajstić information content (AvgIpc) is 3.19. The molecule has 32 heavy (non-hydrogen) atoms. The Morgan fingerprint density at radius 1 is 1.12 bits per heavy atom. The Balaban J connectivity index is 1.63. The molecule has 1 heterocycles. The molecule has 0 aliphatic heterocycles. The maximum Gasteiger partial charge on any atom is 0.234 e. The molecule has 0 radical (unpaired) electrons. The quantitative estimate of drug-likeness (QED) is 0.428. The number of carbonyl (C=O) groups is 1. The number of amides is 1. The molecule has 1 aromatic heterocycles. The predicted molar refractivity (Wildman–Crippen MR) is 125 cm³/mol. The lowest BCUT2D eigenvalue weighted by Crippen LogP contribution is -2.15. The second kappa shape index (κ2) is 11.1. The van der Waals surface area contributed by atoms with Crippen LogP contribution in [0.2, 0.25) is 5.02 Å². The van der Waals surface area contributed by atoms with Gasteiger partial charge in [-0.05, 0) is 43.7 Å². The Bertz CT molecular complexity index is 1090. The van der Waals surface area contributed by atoms with Crippen molar-refractivity contribution in [2.75, 3.05) is 25.3 Å². The van der Waals surface area contributed by atoms with Gasteiger partial charge in [-0.15, -0.1) is 10.2 Å². The van der Waals surface area contributed by atoms with E-state index in [2.05, 4.69) is 15.5 Å². The highest BCUT2D eigenvalue weighted by Gasteiger charge is 2.15. The van der Waals surface area contributed by atoms with Crippen molar-refractivity contribution in [3.05, 3.63) is 52.8 Å². The van der Waals surface area contributed by atoms with Crippen LogP contribution in [0.5, 0.6) is 17.2 Å². The average molecular weight is 477 g/mol. The number of methoxy groups -OCH3 is 2. The molecule has 3 rings (SSSR count). The van der Waals surface area contributed by atoms with Crippen molar-refractivity contribution < 1.29 is 19.0 Å². The molecule has 2 aromatic carbocycles. The highest BCUT2D eigenvalue weighted by Crippen LogP contribution is 2.29. The number of thioether (sulfide) groups is 1. The highest BCUT2D eigenvalue weighted by molar-refractivity contribution is 7.99. The number of halogens is 1. The molecule has 0 saturated carbocycles. The van der Waals surface area contributed by atoms with Crippen molar-refractivity contribution in [1.82, 2.24) is 14.8 Å². The van der Waals surface area contributed by atoms with Crippen LogP contribution in [0.1, 0.15) is 18.3 Å². The molecule has 0 fully saturated rings. The first-order valence-corrected chi connectivity index (χ1v) is 11.3. The molecule has 0 aliphatic rings. The van der Waals surface area contributed by atoms with Crippen LogP contribution in [0.25, 0.3) is 0 Å². The fourth-order valence-corrected chi connectivity index (χ4v) is 3.94. The molecule has 0 spiro atoms. The van der Waals surface area contributed by atoms with Crippen molar-refractivity contribution in [2.45, 2.75) is 32.2 Å². The minimum Gasteiger partial charge on any atom is -0.497 e. The molecule has 0 aliphatic carbocycles. The lowest BCUT2D eigenvalue weighted by atomic mass is 10.2. The van der Waals surface area contributed by atoms with Crippen molar-refractivity contribution in [1.29, 1.82) is 0 Å². The van der Waals surface area contributed by atoms with Gasteiger partial charge in [-0.3, -0.25) is 4.79 Å². The third-order valence-electron chi connectivity index (χ3n) is 4.57. The third-order valence-corrected chi connectivity index (χ3v) is 5.85. The molecular formula is C22H25ClN4O4S. The number of hydrogen-bond donors (Lipinski definition) is 1. The lowest BCUT2D eigenvalue weighted by Gasteiger charge is -2.12. The summed E-state index contributed by atoms with van der Waals surface area (Å²) in [5.41, 5.74) is 1.59. The summed E-state index contributed by atoms with van der Waals surface area (Å²) in [4.78, 5) is 12.5. The molecule has 1 N–H and O–H groups in total. The van der Waals surface area contributed by atoms with Gasteiger partial charge >= 0.3 is 0 Å². The van der Waals surface area contributed by atoms with Crippen molar-refractivity contribution in [2.24, 2.45) is 0 Å². The summed E-state index contributed by atoms with van der Waals surface area (Å²) in [5, 5.41) is 12.5. The van der Waals surface area contributed by atoms with E-state index in [0.29, 0.717) is 45.5 Å². The molecule has 3 aromatic rings. The van der Waals surface area contributed by atoms with E-state index in [9.17, 15) is 4.79 Å². The van der Waals surface area contributed by atoms with Crippen molar-refractivity contribution >= 4 is 35.0 Å². The van der Waals surface area contributed by atoms with Crippen molar-refractivity contribution in [3.63, 3.8) is 0 Å². The van der Waals surface area contributed by atoms with Crippen LogP contribution in [-0.2, 0) is 17.9 Å². The van der Waals surface area contributed by atoms with Gasteiger partial charge in [-0.25, -0.2) is 0 Å². The summed E-state index contributed by atoms with van der Waals surface area (Å²) in [6.45, 7) is 4.81. The number of benzene rings is 2. The summed E-state index contributed by atoms with van der Waals surface area (Å²) in [5.74, 6) is 2.38. The standard InChI is InChI=1S/C22H25ClN4O4S/c1-5-27-20(12-31-19-10-14(2)6-8-16(19)23)25-26-22(27)32-13-21(28)24-17-11-15(29-3)7-9-18(17)30-4/h6-11H,5,12-13H2,1-4H3,(H,24,28). The normalized spacial score (nSPS) is 10.7. The molecule has 0 atom stereocenters. The molecule has 8 nitrogen and oxygen atoms in total. The van der Waals surface area contributed by atoms with Crippen LogP contribution in [0, 0.1) is 6.92 Å². The lowest BCUT2D eigenvalue weighted by molar-refractivity contribution is -0.113. The Kier molecular flexibility index (Phi) is 8.24. The molecular weight excluding hydrogens is 452 g/mol. The molecule has 10 heteroatoms. The van der Waals surface area contributed by atoms with E-state index in [1.54, 1.807) is 38.5 Å². The van der Waals surface area contributed by atoms with Crippen LogP contribution < -0.4 is 19.5 Å². The van der Waals surface area contributed by atoms with Crippen LogP contribution in [-0.4, -0.2) is 40.6 Å². The van der Waals surface area contributed by atoms with Gasteiger partial charge in [-0.1, -0.05) is 29.4 Å². The first kappa shape index (κ1) is 23.7. The molecule has 170 valence electrons. The van der Waals surface area contributed by atoms with Gasteiger partial charge in [0.25, 0.3) is 0 Å². The van der Waals surface area contributed by atoms with Crippen molar-refractivity contribution in [3.8, 4) is 17.2 Å². The van der Waals surface area contributed by atoms with E-state index in [1.165, 1.54) is 11.8 Å². The number of aryl methyl sites for hydroxylation is 1. The Labute approximate surface area is 196 Å². The summed E-state index contributed by atoms with van der Waals surface area (Å²) in [6, 6.07) is 10.8. The number of nitrogens with zero attached hydrogens (tertiary/aromatic N) is 3. The SMILES string of the molecule is CCn1c(COc2cc(C)ccc2Cl)nnc1SCC(=O)Nc1cc(OC)ccc1OC. The predicted octanol–water partition coefficient (Wildman–Crippen LogP) is 4.59. The number of rotatable bonds is 10. The van der Waals surface area contributed by atoms with Gasteiger partial charge in [0, 0.05) is 12.6 Å². The summed E-state index contributed by atoms with van der Waals surface area (Å²) < 4.78 is 18.3. The zero-order valence-electron chi connectivity index (χ0n) is 18.3. The molecule has 0 saturated heterocycles. The van der Waals surface area contributed by atoms with Gasteiger partial charge in [0.2, 0.25) is 5.91 Å². The monoisotopic (exact) mass is 476 g/mol. The highest BCUT2D eigenvalue weighted by atomic mass is 35.5. The first-order chi connectivity index (χ1) is 15.4. The van der Waals surface area contributed by atoms with Gasteiger partial charge in [-0.2, -0.15) is 0 Å². The Morgan fingerprint density at radius 3 is 2.66 bits per heavy atom. The van der Waals surface area contributed by atoms with E-state index in [4.69, 9.17) is 25.8 Å². The van der Waals surface area contributed by atoms with Gasteiger partial charge in [0.05, 0.1) is 30.7 Å². The minimum absolute atomic E-state index is 0.156. The number of anilines is 1. The molecule has 0 bridgehead atoms. The molecule has 0 unspecified atom stereocenters. The first-order valence-electron chi connectivity index (χ1n) is 9.90. The number of ether oxygens (including phenoxy) is 3. The van der Waals surface area contributed by atoms with Crippen LogP contribution in [0.4, 0.5) is 5.69 Å². The van der Waals surface area contributed by atoms with Crippen LogP contribution in [0.3, 0.4) is 0 Å². The maximum atomic E-state index is 12.5. The summed E-state index contributed by atoms with van der Waals surface area (Å²) in [6.07, 6.45) is 0. The van der Waals surface area contributed by atoms with Gasteiger partial charge < -0.3 is 24.1 Å². The van der Waals surface area contributed by atoms with Gasteiger partial charge in [0.15, 0.2) is 11.0 Å². The Morgan fingerprint density at radius 2 is 1.94 bits per heavy atom. The Hall–Kier alpha value is -2.91. The second-order valence-electron chi connectivity index (χ2n) is 6.77. The smallest absolute Gasteiger partial charge is 0.234 e. The number of hydrogen-bond acceptors (Lipinski definition) is 7. The molecule has 1 amide bonds. The third kappa shape index (κ3) is 5.86. The van der Waals surface area contributed by atoms with E-state index in [0.717, 1.165) is 5.56 Å². The summed E-state index contributed by atoms with van der Waals surface area (Å²) >= 11 is 7.49. The fourth-order valence-electron chi connectivity index (χ4n) is 2.94. The summed E-state index contributed by atoms with van der Waals surface area (Å²) in [7, 11) is 3.11. The number of nitrogens with one attached hydrogen (secondary N) is 1. The van der Waals surface area contributed by atoms with E-state index < -0.39 is 0 Å². The number of aromatic nitrogens is 3.